The molecule has 0 radical (unpaired) electrons. The van der Waals surface area contributed by atoms with Gasteiger partial charge in [0, 0.05) is 12.1 Å². The van der Waals surface area contributed by atoms with Crippen molar-refractivity contribution >= 4 is 0 Å². The molecule has 0 aromatic carbocycles. The quantitative estimate of drug-likeness (QED) is 0.390. The summed E-state index contributed by atoms with van der Waals surface area (Å²) in [5.74, 6) is 1.98. The van der Waals surface area contributed by atoms with Crippen molar-refractivity contribution in [1.82, 2.24) is 4.90 Å². The molecular weight excluding hydrogens is 350 g/mol. The minimum Gasteiger partial charge on any atom is -0.300 e. The van der Waals surface area contributed by atoms with Crippen molar-refractivity contribution in [2.45, 2.75) is 160 Å². The van der Waals surface area contributed by atoms with E-state index in [-0.39, 0.29) is 0 Å². The van der Waals surface area contributed by atoms with E-state index in [2.05, 4.69) is 11.9 Å². The van der Waals surface area contributed by atoms with Gasteiger partial charge in [0.05, 0.1) is 0 Å². The first-order chi connectivity index (χ1) is 14.4. The van der Waals surface area contributed by atoms with Crippen molar-refractivity contribution in [1.29, 1.82) is 0 Å². The van der Waals surface area contributed by atoms with Crippen molar-refractivity contribution < 1.29 is 0 Å². The summed E-state index contributed by atoms with van der Waals surface area (Å²) in [5.41, 5.74) is 0. The maximum absolute atomic E-state index is 2.99. The lowest BCUT2D eigenvalue weighted by atomic mass is 9.77. The standard InChI is InChI=1S/C28H53N/c1-29-27-23-16-12-8-4-2-3-6-10-14-19-25(27)21-18-22-26-20-15-11-7-5-9-13-17-24-28(26)29/h25-28H,2-24H2,1H3. The summed E-state index contributed by atoms with van der Waals surface area (Å²) in [6, 6.07) is 1.77. The van der Waals surface area contributed by atoms with E-state index in [1.807, 2.05) is 0 Å². The fourth-order valence-electron chi connectivity index (χ4n) is 7.13. The van der Waals surface area contributed by atoms with Crippen LogP contribution in [0.25, 0.3) is 0 Å². The van der Waals surface area contributed by atoms with Gasteiger partial charge >= 0.3 is 0 Å². The van der Waals surface area contributed by atoms with Gasteiger partial charge < -0.3 is 0 Å². The van der Waals surface area contributed by atoms with Crippen LogP contribution >= 0.6 is 0 Å². The van der Waals surface area contributed by atoms with E-state index in [4.69, 9.17) is 0 Å². The van der Waals surface area contributed by atoms with E-state index >= 15 is 0 Å². The van der Waals surface area contributed by atoms with E-state index < -0.39 is 0 Å². The van der Waals surface area contributed by atoms with Crippen LogP contribution in [0.2, 0.25) is 0 Å². The van der Waals surface area contributed by atoms with Gasteiger partial charge in [-0.05, 0) is 57.4 Å². The number of fused-ring (bicyclic) bond motifs is 2. The lowest BCUT2D eigenvalue weighted by Crippen LogP contribution is -2.49. The Hall–Kier alpha value is -0.0400. The highest BCUT2D eigenvalue weighted by Gasteiger charge is 2.35. The molecule has 4 atom stereocenters. The van der Waals surface area contributed by atoms with Crippen LogP contribution in [0, 0.1) is 11.8 Å². The molecule has 0 amide bonds. The molecule has 1 saturated heterocycles. The highest BCUT2D eigenvalue weighted by atomic mass is 15.2. The van der Waals surface area contributed by atoms with Crippen LogP contribution in [0.4, 0.5) is 0 Å². The smallest absolute Gasteiger partial charge is 0.0123 e. The Balaban J connectivity index is 1.69. The maximum atomic E-state index is 2.99. The number of nitrogens with zero attached hydrogens (tertiary/aromatic N) is 1. The van der Waals surface area contributed by atoms with Crippen molar-refractivity contribution in [2.24, 2.45) is 11.8 Å². The lowest BCUT2D eigenvalue weighted by molar-refractivity contribution is 0.0406. The Morgan fingerprint density at radius 1 is 0.345 bits per heavy atom. The predicted molar refractivity (Wildman–Crippen MR) is 129 cm³/mol. The average Bonchev–Trinajstić information content (AvgIpc) is 2.75. The second-order valence-corrected chi connectivity index (χ2v) is 11.1. The molecule has 4 unspecified atom stereocenters. The molecule has 29 heavy (non-hydrogen) atoms. The van der Waals surface area contributed by atoms with E-state index in [1.165, 1.54) is 148 Å². The fourth-order valence-corrected chi connectivity index (χ4v) is 7.13. The summed E-state index contributed by atoms with van der Waals surface area (Å²) in [5, 5.41) is 0. The van der Waals surface area contributed by atoms with Crippen LogP contribution in [0.5, 0.6) is 0 Å². The predicted octanol–water partition coefficient (Wildman–Crippen LogP) is 8.90. The molecule has 1 aliphatic heterocycles. The Morgan fingerprint density at radius 3 is 1.00 bits per heavy atom. The molecule has 0 aromatic rings. The van der Waals surface area contributed by atoms with Gasteiger partial charge in [0.15, 0.2) is 0 Å². The van der Waals surface area contributed by atoms with Crippen LogP contribution in [0.1, 0.15) is 148 Å². The molecule has 0 N–H and O–H groups in total. The molecule has 3 rings (SSSR count). The highest BCUT2D eigenvalue weighted by Crippen LogP contribution is 2.38. The lowest BCUT2D eigenvalue weighted by Gasteiger charge is -2.45. The van der Waals surface area contributed by atoms with Gasteiger partial charge in [0.25, 0.3) is 0 Å². The van der Waals surface area contributed by atoms with Crippen LogP contribution in [0.15, 0.2) is 0 Å². The third kappa shape index (κ3) is 8.19. The zero-order valence-corrected chi connectivity index (χ0v) is 20.0. The van der Waals surface area contributed by atoms with Gasteiger partial charge in [0.1, 0.15) is 0 Å². The van der Waals surface area contributed by atoms with E-state index in [0.717, 1.165) is 23.9 Å². The molecular formula is C28H53N. The number of rotatable bonds is 0. The first-order valence-electron chi connectivity index (χ1n) is 14.1. The monoisotopic (exact) mass is 403 g/mol. The Morgan fingerprint density at radius 2 is 0.621 bits per heavy atom. The molecule has 1 nitrogen and oxygen atoms in total. The molecule has 2 aliphatic carbocycles. The summed E-state index contributed by atoms with van der Waals surface area (Å²) < 4.78 is 0. The molecule has 3 aliphatic rings. The number of hydrogen-bond donors (Lipinski definition) is 0. The third-order valence-electron chi connectivity index (χ3n) is 8.93. The summed E-state index contributed by atoms with van der Waals surface area (Å²) in [6.45, 7) is 0. The van der Waals surface area contributed by atoms with Crippen LogP contribution in [-0.4, -0.2) is 24.0 Å². The largest absolute Gasteiger partial charge is 0.300 e. The van der Waals surface area contributed by atoms with Gasteiger partial charge in [-0.1, -0.05) is 109 Å². The van der Waals surface area contributed by atoms with Crippen LogP contribution in [0.3, 0.4) is 0 Å². The summed E-state index contributed by atoms with van der Waals surface area (Å²) in [7, 11) is 2.57. The van der Waals surface area contributed by atoms with Gasteiger partial charge in [-0.15, -0.1) is 0 Å². The minimum atomic E-state index is 0.883. The van der Waals surface area contributed by atoms with Crippen molar-refractivity contribution in [2.75, 3.05) is 7.05 Å². The first kappa shape index (κ1) is 23.6. The first-order valence-corrected chi connectivity index (χ1v) is 14.1. The molecule has 2 saturated carbocycles. The molecule has 0 bridgehead atoms. The van der Waals surface area contributed by atoms with Crippen molar-refractivity contribution in [3.05, 3.63) is 0 Å². The molecule has 0 spiro atoms. The molecule has 1 heteroatoms. The summed E-state index contributed by atoms with van der Waals surface area (Å²) >= 11 is 0. The SMILES string of the molecule is CN1C2CCCCCCCCCCCC2CCCC2CCCCCCCCCC21. The number of likely N-dealkylation sites (tertiary alicyclic amines) is 1. The Bertz CT molecular complexity index is 405. The van der Waals surface area contributed by atoms with E-state index in [9.17, 15) is 0 Å². The minimum absolute atomic E-state index is 0.883. The van der Waals surface area contributed by atoms with Crippen LogP contribution in [-0.2, 0) is 0 Å². The zero-order valence-electron chi connectivity index (χ0n) is 20.0. The number of hydrogen-bond acceptors (Lipinski definition) is 1. The third-order valence-corrected chi connectivity index (χ3v) is 8.93. The maximum Gasteiger partial charge on any atom is 0.0123 e. The van der Waals surface area contributed by atoms with Gasteiger partial charge in [-0.3, -0.25) is 4.90 Å². The van der Waals surface area contributed by atoms with Gasteiger partial charge in [0.2, 0.25) is 0 Å². The highest BCUT2D eigenvalue weighted by molar-refractivity contribution is 4.89. The van der Waals surface area contributed by atoms with Crippen LogP contribution < -0.4 is 0 Å². The topological polar surface area (TPSA) is 3.24 Å². The van der Waals surface area contributed by atoms with Crippen molar-refractivity contribution in [3.8, 4) is 0 Å². The molecule has 3 fully saturated rings. The molecule has 1 heterocycles. The zero-order chi connectivity index (χ0) is 20.2. The molecule has 170 valence electrons. The van der Waals surface area contributed by atoms with Gasteiger partial charge in [-0.2, -0.15) is 0 Å². The molecule has 0 aromatic heterocycles. The fraction of sp³-hybridized carbons (Fsp3) is 1.00. The normalized spacial score (nSPS) is 35.9. The van der Waals surface area contributed by atoms with Gasteiger partial charge in [-0.25, -0.2) is 0 Å². The Labute approximate surface area is 183 Å². The van der Waals surface area contributed by atoms with E-state index in [1.54, 1.807) is 0 Å². The average molecular weight is 404 g/mol. The second kappa shape index (κ2) is 14.1. The Kier molecular flexibility index (Phi) is 11.5. The summed E-state index contributed by atoms with van der Waals surface area (Å²) in [4.78, 5) is 2.99. The van der Waals surface area contributed by atoms with Crippen molar-refractivity contribution in [3.63, 3.8) is 0 Å². The van der Waals surface area contributed by atoms with E-state index in [0.29, 0.717) is 0 Å². The summed E-state index contributed by atoms with van der Waals surface area (Å²) in [6.07, 6.45) is 34.5. The second-order valence-electron chi connectivity index (χ2n) is 11.1.